The van der Waals surface area contributed by atoms with Crippen molar-refractivity contribution in [1.29, 1.82) is 0 Å². The van der Waals surface area contributed by atoms with Gasteiger partial charge < -0.3 is 14.6 Å². The lowest BCUT2D eigenvalue weighted by atomic mass is 10.1. The molecule has 0 radical (unpaired) electrons. The minimum absolute atomic E-state index is 0.206. The van der Waals surface area contributed by atoms with Crippen molar-refractivity contribution in [3.8, 4) is 5.75 Å². The Hall–Kier alpha value is -1.48. The van der Waals surface area contributed by atoms with Gasteiger partial charge in [0.2, 0.25) is 0 Å². The highest BCUT2D eigenvalue weighted by molar-refractivity contribution is 5.87. The molecule has 1 aromatic heterocycles. The molecular formula is C19H30N2O. The van der Waals surface area contributed by atoms with Gasteiger partial charge in [-0.2, -0.15) is 0 Å². The van der Waals surface area contributed by atoms with Crippen LogP contribution in [-0.4, -0.2) is 17.2 Å². The van der Waals surface area contributed by atoms with Crippen LogP contribution in [0.3, 0.4) is 0 Å². The second-order valence-electron chi connectivity index (χ2n) is 6.24. The van der Waals surface area contributed by atoms with Gasteiger partial charge in [-0.05, 0) is 63.9 Å². The summed E-state index contributed by atoms with van der Waals surface area (Å²) < 4.78 is 8.32. The molecule has 0 bridgehead atoms. The van der Waals surface area contributed by atoms with Crippen LogP contribution in [0.2, 0.25) is 0 Å². The second kappa shape index (κ2) is 7.68. The first-order chi connectivity index (χ1) is 10.6. The van der Waals surface area contributed by atoms with E-state index in [0.29, 0.717) is 0 Å². The molecule has 0 unspecified atom stereocenters. The maximum absolute atomic E-state index is 5.88. The quantitative estimate of drug-likeness (QED) is 0.719. The summed E-state index contributed by atoms with van der Waals surface area (Å²) in [6.07, 6.45) is 2.52. The molecule has 0 atom stereocenters. The maximum Gasteiger partial charge on any atom is 0.120 e. The fourth-order valence-corrected chi connectivity index (χ4v) is 3.00. The molecule has 1 aromatic carbocycles. The summed E-state index contributed by atoms with van der Waals surface area (Å²) in [5.74, 6) is 0.966. The maximum atomic E-state index is 5.88. The third-order valence-corrected chi connectivity index (χ3v) is 3.97. The van der Waals surface area contributed by atoms with Gasteiger partial charge in [-0.3, -0.25) is 0 Å². The molecule has 3 heteroatoms. The molecule has 0 aliphatic carbocycles. The molecule has 0 amide bonds. The van der Waals surface area contributed by atoms with Crippen molar-refractivity contribution in [2.24, 2.45) is 0 Å². The highest BCUT2D eigenvalue weighted by Crippen LogP contribution is 2.30. The third kappa shape index (κ3) is 3.64. The van der Waals surface area contributed by atoms with Crippen molar-refractivity contribution >= 4 is 10.9 Å². The first-order valence-electron chi connectivity index (χ1n) is 8.57. The monoisotopic (exact) mass is 302 g/mol. The van der Waals surface area contributed by atoms with Gasteiger partial charge in [0.15, 0.2) is 0 Å². The van der Waals surface area contributed by atoms with Crippen LogP contribution >= 0.6 is 0 Å². The van der Waals surface area contributed by atoms with Crippen LogP contribution in [0.5, 0.6) is 5.75 Å². The second-order valence-corrected chi connectivity index (χ2v) is 6.24. The van der Waals surface area contributed by atoms with Crippen LogP contribution in [0.4, 0.5) is 0 Å². The van der Waals surface area contributed by atoms with Crippen LogP contribution in [0.15, 0.2) is 18.2 Å². The average Bonchev–Trinajstić information content (AvgIpc) is 2.72. The Balaban J connectivity index is 2.45. The number of benzene rings is 1. The van der Waals surface area contributed by atoms with Gasteiger partial charge in [0.05, 0.1) is 6.10 Å². The molecule has 1 N–H and O–H groups in total. The SMILES string of the molecule is CCCNCc1c(C)n(CCC)c2ccc(OC(C)C)cc12. The predicted octanol–water partition coefficient (Wildman–Crippen LogP) is 4.65. The van der Waals surface area contributed by atoms with E-state index >= 15 is 0 Å². The zero-order valence-corrected chi connectivity index (χ0v) is 14.7. The molecule has 0 saturated carbocycles. The fourth-order valence-electron chi connectivity index (χ4n) is 3.00. The normalized spacial score (nSPS) is 11.5. The van der Waals surface area contributed by atoms with E-state index in [1.54, 1.807) is 0 Å². The largest absolute Gasteiger partial charge is 0.491 e. The van der Waals surface area contributed by atoms with Gasteiger partial charge in [0.25, 0.3) is 0 Å². The molecule has 0 spiro atoms. The number of ether oxygens (including phenoxy) is 1. The summed E-state index contributed by atoms with van der Waals surface area (Å²) in [4.78, 5) is 0. The highest BCUT2D eigenvalue weighted by atomic mass is 16.5. The molecule has 2 aromatic rings. The Bertz CT molecular complexity index is 613. The van der Waals surface area contributed by atoms with Gasteiger partial charge in [0.1, 0.15) is 5.75 Å². The molecule has 0 aliphatic rings. The molecular weight excluding hydrogens is 272 g/mol. The van der Waals surface area contributed by atoms with Crippen molar-refractivity contribution in [2.75, 3.05) is 6.54 Å². The molecule has 22 heavy (non-hydrogen) atoms. The van der Waals surface area contributed by atoms with E-state index < -0.39 is 0 Å². The lowest BCUT2D eigenvalue weighted by molar-refractivity contribution is 0.243. The van der Waals surface area contributed by atoms with Crippen LogP contribution in [0.1, 0.15) is 51.8 Å². The molecule has 0 saturated heterocycles. The van der Waals surface area contributed by atoms with Gasteiger partial charge in [-0.1, -0.05) is 13.8 Å². The summed E-state index contributed by atoms with van der Waals surface area (Å²) in [6, 6.07) is 6.51. The Morgan fingerprint density at radius 3 is 2.59 bits per heavy atom. The number of aryl methyl sites for hydroxylation is 1. The van der Waals surface area contributed by atoms with Crippen LogP contribution in [0, 0.1) is 6.92 Å². The van der Waals surface area contributed by atoms with E-state index in [1.807, 2.05) is 0 Å². The topological polar surface area (TPSA) is 26.2 Å². The lowest BCUT2D eigenvalue weighted by Crippen LogP contribution is -2.14. The molecule has 1 heterocycles. The van der Waals surface area contributed by atoms with E-state index in [1.165, 1.54) is 22.2 Å². The number of nitrogens with one attached hydrogen (secondary N) is 1. The Kier molecular flexibility index (Phi) is 5.90. The van der Waals surface area contributed by atoms with E-state index in [9.17, 15) is 0 Å². The molecule has 0 aliphatic heterocycles. The van der Waals surface area contributed by atoms with Gasteiger partial charge in [-0.25, -0.2) is 0 Å². The number of aromatic nitrogens is 1. The summed E-state index contributed by atoms with van der Waals surface area (Å²) in [6.45, 7) is 13.9. The van der Waals surface area contributed by atoms with Crippen LogP contribution < -0.4 is 10.1 Å². The molecule has 3 nitrogen and oxygen atoms in total. The molecule has 2 rings (SSSR count). The Morgan fingerprint density at radius 1 is 1.18 bits per heavy atom. The van der Waals surface area contributed by atoms with Crippen molar-refractivity contribution in [3.63, 3.8) is 0 Å². The Labute approximate surface area is 134 Å². The van der Waals surface area contributed by atoms with E-state index in [-0.39, 0.29) is 6.10 Å². The summed E-state index contributed by atoms with van der Waals surface area (Å²) in [5, 5.41) is 4.87. The van der Waals surface area contributed by atoms with Gasteiger partial charge in [0, 0.05) is 29.7 Å². The lowest BCUT2D eigenvalue weighted by Gasteiger charge is -2.10. The number of hydrogen-bond acceptors (Lipinski definition) is 2. The number of hydrogen-bond donors (Lipinski definition) is 1. The summed E-state index contributed by atoms with van der Waals surface area (Å²) in [5.41, 5.74) is 4.11. The summed E-state index contributed by atoms with van der Waals surface area (Å²) >= 11 is 0. The van der Waals surface area contributed by atoms with Crippen molar-refractivity contribution in [1.82, 2.24) is 9.88 Å². The zero-order chi connectivity index (χ0) is 16.1. The first kappa shape index (κ1) is 16.9. The summed E-state index contributed by atoms with van der Waals surface area (Å²) in [7, 11) is 0. The number of nitrogens with zero attached hydrogens (tertiary/aromatic N) is 1. The third-order valence-electron chi connectivity index (χ3n) is 3.97. The molecule has 122 valence electrons. The first-order valence-corrected chi connectivity index (χ1v) is 8.57. The van der Waals surface area contributed by atoms with Crippen LogP contribution in [-0.2, 0) is 13.1 Å². The minimum Gasteiger partial charge on any atom is -0.491 e. The number of rotatable bonds is 8. The zero-order valence-electron chi connectivity index (χ0n) is 14.7. The standard InChI is InChI=1S/C19H30N2O/c1-6-10-20-13-18-15(5)21(11-7-2)19-9-8-16(12-17(18)19)22-14(3)4/h8-9,12,14,20H,6-7,10-11,13H2,1-5H3. The van der Waals surface area contributed by atoms with Crippen molar-refractivity contribution in [3.05, 3.63) is 29.5 Å². The van der Waals surface area contributed by atoms with E-state index in [2.05, 4.69) is 62.7 Å². The Morgan fingerprint density at radius 2 is 1.95 bits per heavy atom. The minimum atomic E-state index is 0.206. The highest BCUT2D eigenvalue weighted by Gasteiger charge is 2.14. The average molecular weight is 302 g/mol. The van der Waals surface area contributed by atoms with E-state index in [4.69, 9.17) is 4.74 Å². The van der Waals surface area contributed by atoms with Crippen LogP contribution in [0.25, 0.3) is 10.9 Å². The van der Waals surface area contributed by atoms with E-state index in [0.717, 1.165) is 38.2 Å². The predicted molar refractivity (Wildman–Crippen MR) is 94.7 cm³/mol. The van der Waals surface area contributed by atoms with Crippen molar-refractivity contribution < 1.29 is 4.74 Å². The molecule has 0 fully saturated rings. The van der Waals surface area contributed by atoms with Gasteiger partial charge in [-0.15, -0.1) is 0 Å². The van der Waals surface area contributed by atoms with Gasteiger partial charge >= 0.3 is 0 Å². The fraction of sp³-hybridized carbons (Fsp3) is 0.579. The number of fused-ring (bicyclic) bond motifs is 1. The van der Waals surface area contributed by atoms with Crippen molar-refractivity contribution in [2.45, 2.75) is 66.7 Å². The smallest absolute Gasteiger partial charge is 0.120 e.